The van der Waals surface area contributed by atoms with Gasteiger partial charge in [0.2, 0.25) is 0 Å². The minimum absolute atomic E-state index is 0.0194. The van der Waals surface area contributed by atoms with E-state index in [1.807, 2.05) is 0 Å². The minimum Gasteiger partial charge on any atom is -0.370 e. The van der Waals surface area contributed by atoms with Gasteiger partial charge in [-0.3, -0.25) is 4.18 Å². The van der Waals surface area contributed by atoms with Crippen molar-refractivity contribution in [3.63, 3.8) is 0 Å². The molecule has 0 radical (unpaired) electrons. The molecule has 0 aliphatic carbocycles. The molecule has 0 spiro atoms. The Kier molecular flexibility index (Phi) is 4.93. The van der Waals surface area contributed by atoms with Crippen LogP contribution in [0.4, 0.5) is 5.69 Å². The van der Waals surface area contributed by atoms with Crippen molar-refractivity contribution in [2.45, 2.75) is 0 Å². The maximum Gasteiger partial charge on any atom is 0.264 e. The van der Waals surface area contributed by atoms with Gasteiger partial charge in [-0.2, -0.15) is 8.42 Å². The first-order valence-corrected chi connectivity index (χ1v) is 7.11. The van der Waals surface area contributed by atoms with Crippen molar-refractivity contribution in [2.75, 3.05) is 31.4 Å². The number of hydrogen-bond acceptors (Lipinski definition) is 6. The van der Waals surface area contributed by atoms with Crippen LogP contribution in [0.5, 0.6) is 0 Å². The summed E-state index contributed by atoms with van der Waals surface area (Å²) in [5.41, 5.74) is 0.559. The molecule has 0 atom stereocenters. The number of nitrogens with zero attached hydrogens (tertiary/aromatic N) is 3. The predicted octanol–water partition coefficient (Wildman–Crippen LogP) is 1.20. The van der Waals surface area contributed by atoms with Crippen LogP contribution >= 0.6 is 23.2 Å². The molecule has 96 valence electrons. The molecular weight excluding hydrogens is 289 g/mol. The van der Waals surface area contributed by atoms with Crippen LogP contribution in [0, 0.1) is 0 Å². The maximum absolute atomic E-state index is 10.8. The van der Waals surface area contributed by atoms with E-state index in [1.54, 1.807) is 11.9 Å². The first-order chi connectivity index (χ1) is 7.79. The average molecular weight is 300 g/mol. The lowest BCUT2D eigenvalue weighted by atomic mass is 10.4. The molecule has 0 aromatic carbocycles. The Morgan fingerprint density at radius 1 is 1.41 bits per heavy atom. The quantitative estimate of drug-likeness (QED) is 0.761. The highest BCUT2D eigenvalue weighted by atomic mass is 35.5. The van der Waals surface area contributed by atoms with Gasteiger partial charge in [-0.25, -0.2) is 0 Å². The SMILES string of the molecule is CN(CCOS(C)(=O)=O)c1cc(Cl)nnc1Cl. The first kappa shape index (κ1) is 14.4. The molecular formula is C8H11Cl2N3O3S. The van der Waals surface area contributed by atoms with Crippen LogP contribution in [0.3, 0.4) is 0 Å². The highest BCUT2D eigenvalue weighted by Gasteiger charge is 2.10. The van der Waals surface area contributed by atoms with Crippen molar-refractivity contribution < 1.29 is 12.6 Å². The molecule has 1 rings (SSSR count). The Morgan fingerprint density at radius 2 is 2.06 bits per heavy atom. The summed E-state index contributed by atoms with van der Waals surface area (Å²) in [6.07, 6.45) is 0.991. The lowest BCUT2D eigenvalue weighted by Crippen LogP contribution is -2.24. The van der Waals surface area contributed by atoms with E-state index in [-0.39, 0.29) is 16.9 Å². The van der Waals surface area contributed by atoms with Crippen LogP contribution in [0.25, 0.3) is 0 Å². The Balaban J connectivity index is 2.64. The van der Waals surface area contributed by atoms with Crippen molar-refractivity contribution in [1.29, 1.82) is 0 Å². The van der Waals surface area contributed by atoms with E-state index < -0.39 is 10.1 Å². The van der Waals surface area contributed by atoms with E-state index in [1.165, 1.54) is 6.07 Å². The molecule has 0 saturated carbocycles. The topological polar surface area (TPSA) is 72.4 Å². The second-order valence-corrected chi connectivity index (χ2v) is 5.68. The van der Waals surface area contributed by atoms with Crippen molar-refractivity contribution in [2.24, 2.45) is 0 Å². The van der Waals surface area contributed by atoms with Crippen LogP contribution < -0.4 is 4.90 Å². The summed E-state index contributed by atoms with van der Waals surface area (Å²) in [4.78, 5) is 1.67. The third-order valence-corrected chi connectivity index (χ3v) is 2.88. The zero-order chi connectivity index (χ0) is 13.1. The summed E-state index contributed by atoms with van der Waals surface area (Å²) in [7, 11) is -1.72. The number of anilines is 1. The van der Waals surface area contributed by atoms with Crippen LogP contribution in [0.2, 0.25) is 10.3 Å². The van der Waals surface area contributed by atoms with E-state index in [0.717, 1.165) is 6.26 Å². The smallest absolute Gasteiger partial charge is 0.264 e. The zero-order valence-electron chi connectivity index (χ0n) is 9.22. The van der Waals surface area contributed by atoms with Gasteiger partial charge in [0.05, 0.1) is 18.6 Å². The molecule has 0 aliphatic rings. The second-order valence-electron chi connectivity index (χ2n) is 3.29. The molecule has 0 aliphatic heterocycles. The van der Waals surface area contributed by atoms with Crippen molar-refractivity contribution in [1.82, 2.24) is 10.2 Å². The highest BCUT2D eigenvalue weighted by Crippen LogP contribution is 2.23. The van der Waals surface area contributed by atoms with Gasteiger partial charge in [0.15, 0.2) is 10.3 Å². The molecule has 1 heterocycles. The largest absolute Gasteiger partial charge is 0.370 e. The van der Waals surface area contributed by atoms with Gasteiger partial charge in [0, 0.05) is 19.7 Å². The van der Waals surface area contributed by atoms with Gasteiger partial charge in [-0.05, 0) is 0 Å². The van der Waals surface area contributed by atoms with Crippen molar-refractivity contribution in [3.05, 3.63) is 16.4 Å². The van der Waals surface area contributed by atoms with E-state index in [2.05, 4.69) is 14.4 Å². The van der Waals surface area contributed by atoms with Crippen LogP contribution in [0.1, 0.15) is 0 Å². The van der Waals surface area contributed by atoms with Gasteiger partial charge in [0.25, 0.3) is 10.1 Å². The predicted molar refractivity (Wildman–Crippen MR) is 66.1 cm³/mol. The third kappa shape index (κ3) is 5.03. The molecule has 9 heteroatoms. The molecule has 1 aromatic rings. The molecule has 0 fully saturated rings. The number of aromatic nitrogens is 2. The minimum atomic E-state index is -3.43. The zero-order valence-corrected chi connectivity index (χ0v) is 11.6. The first-order valence-electron chi connectivity index (χ1n) is 4.54. The third-order valence-electron chi connectivity index (χ3n) is 1.84. The molecule has 6 nitrogen and oxygen atoms in total. The lowest BCUT2D eigenvalue weighted by molar-refractivity contribution is 0.329. The van der Waals surface area contributed by atoms with Crippen molar-refractivity contribution in [3.8, 4) is 0 Å². The molecule has 0 unspecified atom stereocenters. The number of halogens is 2. The summed E-state index contributed by atoms with van der Waals surface area (Å²) in [5, 5.41) is 7.61. The molecule has 17 heavy (non-hydrogen) atoms. The molecule has 1 aromatic heterocycles. The van der Waals surface area contributed by atoms with Crippen LogP contribution in [-0.4, -0.2) is 45.1 Å². The van der Waals surface area contributed by atoms with E-state index >= 15 is 0 Å². The van der Waals surface area contributed by atoms with E-state index in [4.69, 9.17) is 23.2 Å². The fourth-order valence-corrected chi connectivity index (χ4v) is 1.81. The normalized spacial score (nSPS) is 11.5. The Bertz CT molecular complexity index is 495. The fraction of sp³-hybridized carbons (Fsp3) is 0.500. The fourth-order valence-electron chi connectivity index (χ4n) is 1.06. The van der Waals surface area contributed by atoms with Gasteiger partial charge in [0.1, 0.15) is 0 Å². The van der Waals surface area contributed by atoms with E-state index in [0.29, 0.717) is 12.2 Å². The summed E-state index contributed by atoms with van der Waals surface area (Å²) >= 11 is 11.5. The van der Waals surface area contributed by atoms with Gasteiger partial charge in [-0.1, -0.05) is 23.2 Å². The number of rotatable bonds is 5. The highest BCUT2D eigenvalue weighted by molar-refractivity contribution is 7.85. The summed E-state index contributed by atoms with van der Waals surface area (Å²) < 4.78 is 26.1. The molecule has 0 N–H and O–H groups in total. The van der Waals surface area contributed by atoms with Crippen LogP contribution in [0.15, 0.2) is 6.07 Å². The molecule has 0 bridgehead atoms. The average Bonchev–Trinajstić information content (AvgIpc) is 2.19. The van der Waals surface area contributed by atoms with Crippen LogP contribution in [-0.2, 0) is 14.3 Å². The summed E-state index contributed by atoms with van der Waals surface area (Å²) in [6, 6.07) is 1.54. The number of hydrogen-bond donors (Lipinski definition) is 0. The number of likely N-dealkylation sites (N-methyl/N-ethyl adjacent to an activating group) is 1. The van der Waals surface area contributed by atoms with E-state index in [9.17, 15) is 8.42 Å². The van der Waals surface area contributed by atoms with Gasteiger partial charge < -0.3 is 4.90 Å². The molecule has 0 saturated heterocycles. The Hall–Kier alpha value is -0.630. The Labute approximate surface area is 110 Å². The van der Waals surface area contributed by atoms with Crippen molar-refractivity contribution >= 4 is 39.0 Å². The Morgan fingerprint density at radius 3 is 2.65 bits per heavy atom. The summed E-state index contributed by atoms with van der Waals surface area (Å²) in [5.74, 6) is 0. The lowest BCUT2D eigenvalue weighted by Gasteiger charge is -2.19. The standard InChI is InChI=1S/C8H11Cl2N3O3S/c1-13(3-4-16-17(2,14)15)6-5-7(9)11-12-8(6)10/h5H,3-4H2,1-2H3. The second kappa shape index (κ2) is 5.81. The molecule has 0 amide bonds. The van der Waals surface area contributed by atoms with Gasteiger partial charge >= 0.3 is 0 Å². The summed E-state index contributed by atoms with van der Waals surface area (Å²) in [6.45, 7) is 0.348. The monoisotopic (exact) mass is 299 g/mol. The van der Waals surface area contributed by atoms with Gasteiger partial charge in [-0.15, -0.1) is 10.2 Å². The maximum atomic E-state index is 10.8.